The third-order valence-electron chi connectivity index (χ3n) is 8.72. The summed E-state index contributed by atoms with van der Waals surface area (Å²) < 4.78 is 35.1. The molecule has 5 atom stereocenters. The van der Waals surface area contributed by atoms with Crippen LogP contribution < -0.4 is 5.73 Å². The Kier molecular flexibility index (Phi) is 17.6. The molecule has 47 heavy (non-hydrogen) atoms. The topological polar surface area (TPSA) is 195 Å². The quantitative estimate of drug-likeness (QED) is 0.0674. The summed E-state index contributed by atoms with van der Waals surface area (Å²) >= 11 is 0. The monoisotopic (exact) mass is 681 g/mol. The molecule has 2 aromatic heterocycles. The van der Waals surface area contributed by atoms with Crippen LogP contribution in [0.5, 0.6) is 0 Å². The lowest BCUT2D eigenvalue weighted by molar-refractivity contribution is -0.0643. The Hall–Kier alpha value is -2.14. The molecule has 3 rings (SSSR count). The zero-order chi connectivity index (χ0) is 34.0. The van der Waals surface area contributed by atoms with Crippen LogP contribution in [0.2, 0.25) is 0 Å². The van der Waals surface area contributed by atoms with Gasteiger partial charge in [-0.05, 0) is 25.0 Å². The Morgan fingerprint density at radius 2 is 1.49 bits per heavy atom. The lowest BCUT2D eigenvalue weighted by atomic mass is 9.92. The summed E-state index contributed by atoms with van der Waals surface area (Å²) in [4.78, 5) is 14.0. The number of nitrogen functional groups attached to an aromatic ring is 1. The van der Waals surface area contributed by atoms with Gasteiger partial charge in [0.25, 0.3) is 0 Å². The minimum atomic E-state index is -4.50. The first kappa shape index (κ1) is 39.3. The van der Waals surface area contributed by atoms with Gasteiger partial charge in [0, 0.05) is 13.2 Å². The summed E-state index contributed by atoms with van der Waals surface area (Å²) in [6.07, 6.45) is 18.0. The van der Waals surface area contributed by atoms with E-state index in [-0.39, 0.29) is 18.1 Å². The smallest absolute Gasteiger partial charge is 0.387 e. The first-order valence-corrected chi connectivity index (χ1v) is 19.0. The Labute approximate surface area is 279 Å². The predicted molar refractivity (Wildman–Crippen MR) is 178 cm³/mol. The summed E-state index contributed by atoms with van der Waals surface area (Å²) in [6, 6.07) is 4.93. The van der Waals surface area contributed by atoms with Gasteiger partial charge in [0.15, 0.2) is 5.82 Å². The van der Waals surface area contributed by atoms with Crippen molar-refractivity contribution in [3.63, 3.8) is 0 Å². The molecule has 1 unspecified atom stereocenters. The van der Waals surface area contributed by atoms with Gasteiger partial charge in [0.2, 0.25) is 5.60 Å². The van der Waals surface area contributed by atoms with E-state index in [9.17, 15) is 24.9 Å². The van der Waals surface area contributed by atoms with Gasteiger partial charge in [-0.2, -0.15) is 10.4 Å². The maximum Gasteiger partial charge on any atom is 0.472 e. The SMILES string of the molecule is CCCCCCCCCCCCCCCCCCOCCCOP(=O)(O)OC[C@H]1O[C@@](C#N)(c2ccc3c(N)ncnn23)[C@H](O)[C@@H]1O. The van der Waals surface area contributed by atoms with E-state index >= 15 is 0 Å². The van der Waals surface area contributed by atoms with Crippen molar-refractivity contribution >= 4 is 19.2 Å². The number of aromatic nitrogens is 3. The molecular weight excluding hydrogens is 625 g/mol. The third kappa shape index (κ3) is 12.4. The summed E-state index contributed by atoms with van der Waals surface area (Å²) in [5, 5.41) is 35.4. The summed E-state index contributed by atoms with van der Waals surface area (Å²) in [7, 11) is -4.50. The summed E-state index contributed by atoms with van der Waals surface area (Å²) in [6.45, 7) is 2.62. The van der Waals surface area contributed by atoms with Gasteiger partial charge in [0.05, 0.1) is 18.9 Å². The normalized spacial score (nSPS) is 22.5. The van der Waals surface area contributed by atoms with E-state index in [0.717, 1.165) is 12.8 Å². The molecule has 266 valence electrons. The molecule has 0 saturated carbocycles. The van der Waals surface area contributed by atoms with E-state index in [1.807, 2.05) is 6.07 Å². The van der Waals surface area contributed by atoms with Crippen molar-refractivity contribution in [2.45, 2.75) is 140 Å². The highest BCUT2D eigenvalue weighted by Gasteiger charge is 2.58. The molecule has 1 saturated heterocycles. The first-order chi connectivity index (χ1) is 22.8. The van der Waals surface area contributed by atoms with E-state index in [1.54, 1.807) is 6.07 Å². The average Bonchev–Trinajstić information content (AvgIpc) is 3.61. The number of nitrogens with two attached hydrogens (primary N) is 1. The Bertz CT molecular complexity index is 1260. The van der Waals surface area contributed by atoms with Crippen LogP contribution in [0.15, 0.2) is 18.5 Å². The predicted octanol–water partition coefficient (Wildman–Crippen LogP) is 5.95. The fraction of sp³-hybridized carbons (Fsp3) is 0.788. The third-order valence-corrected chi connectivity index (χ3v) is 9.70. The second-order valence-corrected chi connectivity index (χ2v) is 13.9. The fourth-order valence-electron chi connectivity index (χ4n) is 5.95. The Balaban J connectivity index is 1.19. The number of anilines is 1. The van der Waals surface area contributed by atoms with E-state index < -0.39 is 38.3 Å². The van der Waals surface area contributed by atoms with Gasteiger partial charge in [-0.3, -0.25) is 9.05 Å². The highest BCUT2D eigenvalue weighted by molar-refractivity contribution is 7.47. The van der Waals surface area contributed by atoms with Crippen LogP contribution in [0, 0.1) is 11.3 Å². The first-order valence-electron chi connectivity index (χ1n) is 17.5. The standard InChI is InChI=1S/C33H56N5O8P/c1-2-3-4-5-6-7-8-9-10-11-12-13-14-15-16-17-21-43-22-18-23-44-47(41,42)45-24-28-30(39)31(40)33(25-34,46-28)29-20-19-27-32(35)36-26-37-38(27)29/h19-20,26,28,30-31,39-40H,2-18,21-24H2,1H3,(H,41,42)(H2,35,36,37)/t28-,30-,31-,33+/m1/s1. The number of nitrogens with zero attached hydrogens (tertiary/aromatic N) is 4. The van der Waals surface area contributed by atoms with E-state index in [4.69, 9.17) is 24.3 Å². The minimum Gasteiger partial charge on any atom is -0.387 e. The van der Waals surface area contributed by atoms with Crippen LogP contribution in [0.1, 0.15) is 122 Å². The molecule has 1 aliphatic heterocycles. The van der Waals surface area contributed by atoms with Crippen LogP contribution in [-0.4, -0.2) is 74.4 Å². The second-order valence-electron chi connectivity index (χ2n) is 12.5. The molecule has 5 N–H and O–H groups in total. The molecule has 2 aromatic rings. The number of phosphoric ester groups is 1. The fourth-order valence-corrected chi connectivity index (χ4v) is 6.72. The molecule has 0 aliphatic carbocycles. The number of hydrogen-bond acceptors (Lipinski definition) is 11. The number of rotatable bonds is 26. The molecule has 1 fully saturated rings. The van der Waals surface area contributed by atoms with Gasteiger partial charge in [0.1, 0.15) is 36.2 Å². The van der Waals surface area contributed by atoms with Crippen LogP contribution in [-0.2, 0) is 28.7 Å². The van der Waals surface area contributed by atoms with Gasteiger partial charge in [-0.15, -0.1) is 0 Å². The number of aliphatic hydroxyl groups is 2. The maximum absolute atomic E-state index is 12.4. The molecule has 14 heteroatoms. The summed E-state index contributed by atoms with van der Waals surface area (Å²) in [5.74, 6) is 0.149. The van der Waals surface area contributed by atoms with Crippen molar-refractivity contribution in [2.75, 3.05) is 32.2 Å². The minimum absolute atomic E-state index is 0.0666. The molecule has 3 heterocycles. The highest BCUT2D eigenvalue weighted by atomic mass is 31.2. The molecule has 1 aliphatic rings. The molecule has 0 bridgehead atoms. The van der Waals surface area contributed by atoms with Crippen molar-refractivity contribution in [3.05, 3.63) is 24.2 Å². The number of aliphatic hydroxyl groups excluding tert-OH is 2. The second kappa shape index (κ2) is 21.1. The van der Waals surface area contributed by atoms with Gasteiger partial charge < -0.3 is 30.3 Å². The largest absolute Gasteiger partial charge is 0.472 e. The lowest BCUT2D eigenvalue weighted by Gasteiger charge is -2.24. The van der Waals surface area contributed by atoms with Crippen molar-refractivity contribution in [1.82, 2.24) is 14.6 Å². The number of fused-ring (bicyclic) bond motifs is 1. The van der Waals surface area contributed by atoms with Gasteiger partial charge in [-0.25, -0.2) is 14.1 Å². The van der Waals surface area contributed by atoms with Crippen molar-refractivity contribution in [2.24, 2.45) is 0 Å². The van der Waals surface area contributed by atoms with Gasteiger partial charge >= 0.3 is 7.82 Å². The van der Waals surface area contributed by atoms with Crippen molar-refractivity contribution in [1.29, 1.82) is 5.26 Å². The van der Waals surface area contributed by atoms with Crippen LogP contribution >= 0.6 is 7.82 Å². The molecule has 13 nitrogen and oxygen atoms in total. The highest BCUT2D eigenvalue weighted by Crippen LogP contribution is 2.46. The molecule has 0 aromatic carbocycles. The number of unbranched alkanes of at least 4 members (excludes halogenated alkanes) is 15. The van der Waals surface area contributed by atoms with Crippen LogP contribution in [0.25, 0.3) is 5.52 Å². The van der Waals surface area contributed by atoms with Gasteiger partial charge in [-0.1, -0.05) is 103 Å². The molecular formula is C33H56N5O8P. The molecule has 0 spiro atoms. The van der Waals surface area contributed by atoms with Crippen molar-refractivity contribution in [3.8, 4) is 6.07 Å². The Morgan fingerprint density at radius 3 is 2.09 bits per heavy atom. The maximum atomic E-state index is 12.4. The van der Waals surface area contributed by atoms with E-state index in [1.165, 1.54) is 107 Å². The number of phosphoric acid groups is 1. The zero-order valence-electron chi connectivity index (χ0n) is 28.0. The number of nitriles is 1. The lowest BCUT2D eigenvalue weighted by Crippen LogP contribution is -2.41. The molecule has 0 amide bonds. The van der Waals surface area contributed by atoms with E-state index in [0.29, 0.717) is 25.2 Å². The number of hydrogen-bond donors (Lipinski definition) is 4. The van der Waals surface area contributed by atoms with Crippen LogP contribution in [0.3, 0.4) is 0 Å². The van der Waals surface area contributed by atoms with Crippen LogP contribution in [0.4, 0.5) is 5.82 Å². The average molecular weight is 682 g/mol. The van der Waals surface area contributed by atoms with E-state index in [2.05, 4.69) is 17.0 Å². The molecule has 0 radical (unpaired) electrons. The zero-order valence-corrected chi connectivity index (χ0v) is 28.9. The number of ether oxygens (including phenoxy) is 2. The summed E-state index contributed by atoms with van der Waals surface area (Å²) in [5.41, 5.74) is 4.31. The Morgan fingerprint density at radius 1 is 0.915 bits per heavy atom. The van der Waals surface area contributed by atoms with Crippen molar-refractivity contribution < 1.29 is 38.2 Å².